The van der Waals surface area contributed by atoms with E-state index in [1.165, 1.54) is 11.8 Å². The first-order valence-corrected chi connectivity index (χ1v) is 11.3. The van der Waals surface area contributed by atoms with Gasteiger partial charge in [0.25, 0.3) is 5.91 Å². The van der Waals surface area contributed by atoms with Crippen LogP contribution in [0.4, 0.5) is 0 Å². The number of benzene rings is 2. The molecule has 0 saturated carbocycles. The Morgan fingerprint density at radius 2 is 1.82 bits per heavy atom. The number of carbonyl (C=O) groups excluding carboxylic acids is 1. The van der Waals surface area contributed by atoms with Crippen LogP contribution in [0.5, 0.6) is 11.5 Å². The number of furan rings is 1. The number of thioether (sulfide) groups is 1. The molecule has 1 aromatic heterocycles. The lowest BCUT2D eigenvalue weighted by atomic mass is 10.2. The zero-order valence-corrected chi connectivity index (χ0v) is 19.6. The maximum absolute atomic E-state index is 13.2. The van der Waals surface area contributed by atoms with Crippen LogP contribution in [-0.2, 0) is 11.3 Å². The highest BCUT2D eigenvalue weighted by molar-refractivity contribution is 8.18. The normalized spacial score (nSPS) is 16.4. The quantitative estimate of drug-likeness (QED) is 0.246. The van der Waals surface area contributed by atoms with Crippen molar-refractivity contribution in [3.05, 3.63) is 94.8 Å². The van der Waals surface area contributed by atoms with E-state index in [1.54, 1.807) is 55.9 Å². The molecule has 0 N–H and O–H groups in total. The summed E-state index contributed by atoms with van der Waals surface area (Å²) in [6, 6.07) is 19.0. The van der Waals surface area contributed by atoms with Crippen molar-refractivity contribution in [3.8, 4) is 11.5 Å². The lowest BCUT2D eigenvalue weighted by molar-refractivity contribution is -0.122. The Balaban J connectivity index is 1.57. The molecule has 4 rings (SSSR count). The fourth-order valence-electron chi connectivity index (χ4n) is 3.21. The van der Waals surface area contributed by atoms with Crippen LogP contribution in [-0.4, -0.2) is 36.4 Å². The van der Waals surface area contributed by atoms with Crippen LogP contribution in [0, 0.1) is 0 Å². The van der Waals surface area contributed by atoms with Crippen LogP contribution < -0.4 is 9.47 Å². The summed E-state index contributed by atoms with van der Waals surface area (Å²) in [5.41, 5.74) is 1.87. The molecule has 1 amide bonds. The van der Waals surface area contributed by atoms with Gasteiger partial charge in [0.1, 0.15) is 5.76 Å². The van der Waals surface area contributed by atoms with Gasteiger partial charge in [-0.25, -0.2) is 0 Å². The third-order valence-corrected chi connectivity index (χ3v) is 5.87. The maximum atomic E-state index is 13.2. The second-order valence-electron chi connectivity index (χ2n) is 7.11. The zero-order chi connectivity index (χ0) is 23.8. The van der Waals surface area contributed by atoms with Crippen molar-refractivity contribution < 1.29 is 18.7 Å². The van der Waals surface area contributed by atoms with Gasteiger partial charge in [0.2, 0.25) is 0 Å². The van der Waals surface area contributed by atoms with Crippen LogP contribution in [0.3, 0.4) is 0 Å². The number of methoxy groups -OCH3 is 2. The summed E-state index contributed by atoms with van der Waals surface area (Å²) in [4.78, 5) is 15.3. The van der Waals surface area contributed by atoms with Crippen molar-refractivity contribution in [2.75, 3.05) is 14.2 Å². The average molecular weight is 474 g/mol. The van der Waals surface area contributed by atoms with Crippen LogP contribution in [0.25, 0.3) is 12.2 Å². The van der Waals surface area contributed by atoms with Gasteiger partial charge in [-0.05, 0) is 59.3 Å². The van der Waals surface area contributed by atoms with Gasteiger partial charge in [0.15, 0.2) is 16.7 Å². The Kier molecular flexibility index (Phi) is 7.62. The van der Waals surface area contributed by atoms with Crippen LogP contribution in [0.15, 0.2) is 92.5 Å². The van der Waals surface area contributed by atoms with Gasteiger partial charge in [0.05, 0.1) is 31.9 Å². The number of nitrogens with zero attached hydrogens (tertiary/aromatic N) is 3. The van der Waals surface area contributed by atoms with Gasteiger partial charge in [-0.3, -0.25) is 9.69 Å². The largest absolute Gasteiger partial charge is 0.493 e. The van der Waals surface area contributed by atoms with Gasteiger partial charge >= 0.3 is 0 Å². The van der Waals surface area contributed by atoms with E-state index in [-0.39, 0.29) is 12.5 Å². The number of hydrogen-bond donors (Lipinski definition) is 0. The van der Waals surface area contributed by atoms with Gasteiger partial charge in [-0.15, -0.1) is 5.10 Å². The van der Waals surface area contributed by atoms with Gasteiger partial charge in [-0.1, -0.05) is 42.5 Å². The molecule has 1 aliphatic heterocycles. The number of rotatable bonds is 8. The van der Waals surface area contributed by atoms with Crippen molar-refractivity contribution in [2.24, 2.45) is 10.2 Å². The number of carbonyl (C=O) groups is 1. The third kappa shape index (κ3) is 5.65. The lowest BCUT2D eigenvalue weighted by Crippen LogP contribution is -2.28. The molecular weight excluding hydrogens is 450 g/mol. The molecule has 2 aromatic carbocycles. The molecule has 7 nitrogen and oxygen atoms in total. The van der Waals surface area contributed by atoms with Crippen LogP contribution in [0.2, 0.25) is 0 Å². The Hall–Kier alpha value is -4.04. The Morgan fingerprint density at radius 3 is 2.56 bits per heavy atom. The summed E-state index contributed by atoms with van der Waals surface area (Å²) in [5, 5.41) is 8.91. The third-order valence-electron chi connectivity index (χ3n) is 4.87. The molecule has 0 spiro atoms. The summed E-state index contributed by atoms with van der Waals surface area (Å²) in [5.74, 6) is 1.69. The second kappa shape index (κ2) is 11.2. The molecule has 1 aliphatic rings. The second-order valence-corrected chi connectivity index (χ2v) is 8.12. The molecule has 0 unspecified atom stereocenters. The van der Waals surface area contributed by atoms with Gasteiger partial charge in [-0.2, -0.15) is 5.10 Å². The molecule has 2 heterocycles. The number of ether oxygens (including phenoxy) is 2. The molecule has 1 saturated heterocycles. The van der Waals surface area contributed by atoms with Crippen molar-refractivity contribution in [3.63, 3.8) is 0 Å². The summed E-state index contributed by atoms with van der Waals surface area (Å²) in [7, 11) is 3.15. The number of allylic oxidation sites excluding steroid dienone is 1. The SMILES string of the molecule is COc1ccc(/C=C2\S\C(=N/N=C/C=C/c3ccccc3)N(Cc3ccco3)C2=O)cc1OC. The summed E-state index contributed by atoms with van der Waals surface area (Å²) >= 11 is 1.26. The van der Waals surface area contributed by atoms with Crippen molar-refractivity contribution in [1.29, 1.82) is 0 Å². The fraction of sp³-hybridized carbons (Fsp3) is 0.115. The number of amidine groups is 1. The van der Waals surface area contributed by atoms with E-state index < -0.39 is 0 Å². The summed E-state index contributed by atoms with van der Waals surface area (Å²) in [6.07, 6.45) is 8.70. The highest BCUT2D eigenvalue weighted by Crippen LogP contribution is 2.35. The maximum Gasteiger partial charge on any atom is 0.267 e. The molecule has 172 valence electrons. The van der Waals surface area contributed by atoms with E-state index in [0.29, 0.717) is 27.3 Å². The summed E-state index contributed by atoms with van der Waals surface area (Å²) in [6.45, 7) is 0.260. The first-order chi connectivity index (χ1) is 16.7. The Bertz CT molecular complexity index is 1250. The molecule has 0 aliphatic carbocycles. The van der Waals surface area contributed by atoms with Crippen LogP contribution in [0.1, 0.15) is 16.9 Å². The topological polar surface area (TPSA) is 76.6 Å². The molecule has 0 atom stereocenters. The van der Waals surface area contributed by atoms with Crippen molar-refractivity contribution >= 4 is 41.2 Å². The highest BCUT2D eigenvalue weighted by Gasteiger charge is 2.34. The monoisotopic (exact) mass is 473 g/mol. The lowest BCUT2D eigenvalue weighted by Gasteiger charge is -2.12. The zero-order valence-electron chi connectivity index (χ0n) is 18.8. The first-order valence-electron chi connectivity index (χ1n) is 10.5. The molecular formula is C26H23N3O4S. The van der Waals surface area contributed by atoms with E-state index in [4.69, 9.17) is 13.9 Å². The Morgan fingerprint density at radius 1 is 1.00 bits per heavy atom. The van der Waals surface area contributed by atoms with Crippen LogP contribution >= 0.6 is 11.8 Å². The summed E-state index contributed by atoms with van der Waals surface area (Å²) < 4.78 is 16.1. The molecule has 8 heteroatoms. The standard InChI is InChI=1S/C26H23N3O4S/c1-31-22-13-12-20(16-23(22)32-2)17-24-25(30)29(18-21-11-7-15-33-21)26(34-24)28-27-14-6-10-19-8-4-3-5-9-19/h3-17H,18H2,1-2H3/b10-6+,24-17-,27-14+,28-26-. The van der Waals surface area contributed by atoms with Crippen molar-refractivity contribution in [2.45, 2.75) is 6.54 Å². The van der Waals surface area contributed by atoms with Gasteiger partial charge < -0.3 is 13.9 Å². The molecule has 34 heavy (non-hydrogen) atoms. The predicted molar refractivity (Wildman–Crippen MR) is 136 cm³/mol. The highest BCUT2D eigenvalue weighted by atomic mass is 32.2. The predicted octanol–water partition coefficient (Wildman–Crippen LogP) is 5.47. The van der Waals surface area contributed by atoms with Crippen molar-refractivity contribution in [1.82, 2.24) is 4.90 Å². The van der Waals surface area contributed by atoms with Gasteiger partial charge in [0, 0.05) is 6.21 Å². The molecule has 0 radical (unpaired) electrons. The van der Waals surface area contributed by atoms with E-state index in [2.05, 4.69) is 10.2 Å². The average Bonchev–Trinajstić information content (AvgIpc) is 3.48. The molecule has 1 fully saturated rings. The fourth-order valence-corrected chi connectivity index (χ4v) is 4.15. The number of amides is 1. The van der Waals surface area contributed by atoms with E-state index in [9.17, 15) is 4.79 Å². The molecule has 3 aromatic rings. The van der Waals surface area contributed by atoms with E-state index >= 15 is 0 Å². The smallest absolute Gasteiger partial charge is 0.267 e. The first kappa shape index (κ1) is 23.1. The Labute approximate surface area is 202 Å². The molecule has 0 bridgehead atoms. The minimum absolute atomic E-state index is 0.176. The number of hydrogen-bond acceptors (Lipinski definition) is 7. The van der Waals surface area contributed by atoms with E-state index in [1.807, 2.05) is 54.6 Å². The minimum atomic E-state index is -0.176. The minimum Gasteiger partial charge on any atom is -0.493 e. The van der Waals surface area contributed by atoms with E-state index in [0.717, 1.165) is 11.1 Å².